The molecule has 0 radical (unpaired) electrons. The normalized spacial score (nSPS) is 16.8. The first-order chi connectivity index (χ1) is 11.5. The summed E-state index contributed by atoms with van der Waals surface area (Å²) in [7, 11) is 3.99. The molecule has 2 atom stereocenters. The second-order valence-corrected chi connectivity index (χ2v) is 8.70. The minimum Gasteiger partial charge on any atom is -0.392 e. The number of Topliss-reactive ketones (excluding diaryl/α,β-unsaturated/α-hetero) is 1. The predicted molar refractivity (Wildman–Crippen MR) is 109 cm³/mol. The van der Waals surface area contributed by atoms with E-state index in [1.165, 1.54) is 11.1 Å². The second-order valence-electron chi connectivity index (χ2n) is 8.70. The van der Waals surface area contributed by atoms with Crippen molar-refractivity contribution in [2.24, 2.45) is 11.3 Å². The zero-order valence-corrected chi connectivity index (χ0v) is 18.1. The van der Waals surface area contributed by atoms with E-state index < -0.39 is 0 Å². The van der Waals surface area contributed by atoms with E-state index in [-0.39, 0.29) is 11.5 Å². The number of aliphatic hydroxyl groups excluding tert-OH is 1. The largest absolute Gasteiger partial charge is 0.392 e. The van der Waals surface area contributed by atoms with Crippen LogP contribution in [0.3, 0.4) is 0 Å². The molecule has 0 bridgehead atoms. The van der Waals surface area contributed by atoms with E-state index in [0.717, 1.165) is 32.1 Å². The summed E-state index contributed by atoms with van der Waals surface area (Å²) in [5.74, 6) is 0.788. The van der Waals surface area contributed by atoms with E-state index in [9.17, 15) is 9.90 Å². The van der Waals surface area contributed by atoms with Gasteiger partial charge < -0.3 is 10.0 Å². The zero-order valence-electron chi connectivity index (χ0n) is 18.1. The molecule has 2 unspecified atom stereocenters. The summed E-state index contributed by atoms with van der Waals surface area (Å²) in [6, 6.07) is 0. The Labute approximate surface area is 156 Å². The third kappa shape index (κ3) is 10.2. The highest BCUT2D eigenvalue weighted by atomic mass is 16.3. The molecule has 0 aromatic carbocycles. The van der Waals surface area contributed by atoms with Crippen LogP contribution in [0.4, 0.5) is 0 Å². The molecule has 0 fully saturated rings. The van der Waals surface area contributed by atoms with Crippen molar-refractivity contribution >= 4 is 5.78 Å². The van der Waals surface area contributed by atoms with Gasteiger partial charge in [-0.3, -0.25) is 4.79 Å². The Morgan fingerprint density at radius 2 is 1.72 bits per heavy atom. The number of carbonyl (C=O) groups is 1. The molecule has 1 N–H and O–H groups in total. The maximum atomic E-state index is 12.3. The number of ketones is 1. The van der Waals surface area contributed by atoms with Crippen molar-refractivity contribution < 1.29 is 9.90 Å². The summed E-state index contributed by atoms with van der Waals surface area (Å²) in [6.07, 6.45) is 5.67. The Morgan fingerprint density at radius 1 is 1.12 bits per heavy atom. The van der Waals surface area contributed by atoms with Gasteiger partial charge in [-0.2, -0.15) is 0 Å². The van der Waals surface area contributed by atoms with Crippen LogP contribution in [0.25, 0.3) is 0 Å². The van der Waals surface area contributed by atoms with Crippen molar-refractivity contribution in [1.29, 1.82) is 0 Å². The molecule has 0 amide bonds. The Kier molecular flexibility index (Phi) is 11.5. The molecular weight excluding hydrogens is 310 g/mol. The van der Waals surface area contributed by atoms with E-state index >= 15 is 0 Å². The van der Waals surface area contributed by atoms with Crippen LogP contribution in [0.5, 0.6) is 0 Å². The number of carbonyl (C=O) groups excluding carboxylic acids is 1. The van der Waals surface area contributed by atoms with Gasteiger partial charge in [-0.15, -0.1) is 0 Å². The Balaban J connectivity index is 5.26. The second kappa shape index (κ2) is 11.9. The first kappa shape index (κ1) is 24.3. The standard InChI is InChI=1S/C22H43NO2/c1-9-18(5)19(6)14-22(10-2,15-21(25)16-23(7)8)12-11-20(24)13-17(3)4/h17,21,25H,9-16H2,1-8H3/b19-18-. The minimum atomic E-state index is -0.343. The number of likely N-dealkylation sites (N-methyl/N-ethyl adjacent to an activating group) is 1. The van der Waals surface area contributed by atoms with Crippen LogP contribution < -0.4 is 0 Å². The van der Waals surface area contributed by atoms with Gasteiger partial charge in [-0.1, -0.05) is 45.3 Å². The molecule has 0 aromatic heterocycles. The van der Waals surface area contributed by atoms with Gasteiger partial charge >= 0.3 is 0 Å². The van der Waals surface area contributed by atoms with Crippen molar-refractivity contribution in [3.8, 4) is 0 Å². The fourth-order valence-electron chi connectivity index (χ4n) is 3.67. The minimum absolute atomic E-state index is 0.0164. The maximum absolute atomic E-state index is 12.3. The van der Waals surface area contributed by atoms with E-state index in [1.54, 1.807) is 0 Å². The van der Waals surface area contributed by atoms with Gasteiger partial charge in [0.05, 0.1) is 6.10 Å². The quantitative estimate of drug-likeness (QED) is 0.461. The highest BCUT2D eigenvalue weighted by Crippen LogP contribution is 2.41. The molecule has 0 aliphatic rings. The Bertz CT molecular complexity index is 426. The maximum Gasteiger partial charge on any atom is 0.133 e. The van der Waals surface area contributed by atoms with Crippen molar-refractivity contribution in [3.63, 3.8) is 0 Å². The van der Waals surface area contributed by atoms with Gasteiger partial charge in [-0.05, 0) is 65.0 Å². The molecule has 3 nitrogen and oxygen atoms in total. The Morgan fingerprint density at radius 3 is 2.16 bits per heavy atom. The van der Waals surface area contributed by atoms with Crippen LogP contribution >= 0.6 is 0 Å². The van der Waals surface area contributed by atoms with Gasteiger partial charge in [-0.25, -0.2) is 0 Å². The third-order valence-corrected chi connectivity index (χ3v) is 5.46. The molecule has 3 heteroatoms. The van der Waals surface area contributed by atoms with Gasteiger partial charge in [0.2, 0.25) is 0 Å². The van der Waals surface area contributed by atoms with Gasteiger partial charge in [0.1, 0.15) is 5.78 Å². The number of aliphatic hydroxyl groups is 1. The topological polar surface area (TPSA) is 40.5 Å². The smallest absolute Gasteiger partial charge is 0.133 e. The van der Waals surface area contributed by atoms with Crippen LogP contribution in [0, 0.1) is 11.3 Å². The first-order valence-electron chi connectivity index (χ1n) is 10.0. The lowest BCUT2D eigenvalue weighted by molar-refractivity contribution is -0.120. The SMILES string of the molecule is CC/C(C)=C(/C)CC(CC)(CCC(=O)CC(C)C)CC(O)CN(C)C. The molecule has 0 saturated heterocycles. The van der Waals surface area contributed by atoms with Gasteiger partial charge in [0.15, 0.2) is 0 Å². The summed E-state index contributed by atoms with van der Waals surface area (Å²) in [6.45, 7) is 13.7. The lowest BCUT2D eigenvalue weighted by Crippen LogP contribution is -2.33. The van der Waals surface area contributed by atoms with Crippen molar-refractivity contribution in [1.82, 2.24) is 4.90 Å². The lowest BCUT2D eigenvalue weighted by Gasteiger charge is -2.36. The van der Waals surface area contributed by atoms with Crippen molar-refractivity contribution in [3.05, 3.63) is 11.1 Å². The third-order valence-electron chi connectivity index (χ3n) is 5.46. The van der Waals surface area contributed by atoms with Gasteiger partial charge in [0.25, 0.3) is 0 Å². The zero-order chi connectivity index (χ0) is 19.6. The monoisotopic (exact) mass is 353 g/mol. The fraction of sp³-hybridized carbons (Fsp3) is 0.864. The molecule has 25 heavy (non-hydrogen) atoms. The summed E-state index contributed by atoms with van der Waals surface area (Å²) in [4.78, 5) is 14.3. The number of nitrogens with zero attached hydrogens (tertiary/aromatic N) is 1. The molecule has 148 valence electrons. The van der Waals surface area contributed by atoms with Crippen molar-refractivity contribution in [2.45, 2.75) is 92.6 Å². The summed E-state index contributed by atoms with van der Waals surface area (Å²) in [5, 5.41) is 10.6. The number of allylic oxidation sites excluding steroid dienone is 2. The fourth-order valence-corrected chi connectivity index (χ4v) is 3.67. The highest BCUT2D eigenvalue weighted by Gasteiger charge is 2.32. The number of hydrogen-bond donors (Lipinski definition) is 1. The number of hydrogen-bond acceptors (Lipinski definition) is 3. The van der Waals surface area contributed by atoms with E-state index in [4.69, 9.17) is 0 Å². The van der Waals surface area contributed by atoms with E-state index in [1.807, 2.05) is 19.0 Å². The van der Waals surface area contributed by atoms with Crippen LogP contribution in [-0.4, -0.2) is 42.5 Å². The average Bonchev–Trinajstić information content (AvgIpc) is 2.50. The Hall–Kier alpha value is -0.670. The molecule has 0 rings (SSSR count). The lowest BCUT2D eigenvalue weighted by atomic mass is 9.70. The molecule has 0 aliphatic heterocycles. The summed E-state index contributed by atoms with van der Waals surface area (Å²) < 4.78 is 0. The van der Waals surface area contributed by atoms with Gasteiger partial charge in [0, 0.05) is 19.4 Å². The van der Waals surface area contributed by atoms with E-state index in [0.29, 0.717) is 31.1 Å². The molecule has 0 heterocycles. The van der Waals surface area contributed by atoms with Crippen LogP contribution in [0.2, 0.25) is 0 Å². The molecule has 0 aromatic rings. The number of rotatable bonds is 13. The first-order valence-corrected chi connectivity index (χ1v) is 10.0. The van der Waals surface area contributed by atoms with E-state index in [2.05, 4.69) is 41.5 Å². The average molecular weight is 354 g/mol. The van der Waals surface area contributed by atoms with Crippen molar-refractivity contribution in [2.75, 3.05) is 20.6 Å². The molecular formula is C22H43NO2. The summed E-state index contributed by atoms with van der Waals surface area (Å²) in [5.41, 5.74) is 2.88. The molecule has 0 aliphatic carbocycles. The predicted octanol–water partition coefficient (Wildman–Crippen LogP) is 5.23. The van der Waals surface area contributed by atoms with Crippen LogP contribution in [0.15, 0.2) is 11.1 Å². The summed E-state index contributed by atoms with van der Waals surface area (Å²) >= 11 is 0. The highest BCUT2D eigenvalue weighted by molar-refractivity contribution is 5.78. The molecule has 0 saturated carbocycles. The molecule has 0 spiro atoms. The van der Waals surface area contributed by atoms with Crippen LogP contribution in [-0.2, 0) is 4.79 Å². The van der Waals surface area contributed by atoms with Crippen LogP contribution in [0.1, 0.15) is 86.5 Å².